The third-order valence-electron chi connectivity index (χ3n) is 3.49. The van der Waals surface area contributed by atoms with E-state index in [0.29, 0.717) is 5.56 Å². The smallest absolute Gasteiger partial charge is 0.338 e. The monoisotopic (exact) mass is 338 g/mol. The van der Waals surface area contributed by atoms with Crippen molar-refractivity contribution in [2.45, 2.75) is 20.5 Å². The minimum absolute atomic E-state index is 0.165. The van der Waals surface area contributed by atoms with Gasteiger partial charge in [0.1, 0.15) is 6.61 Å². The molecule has 0 radical (unpaired) electrons. The average Bonchev–Trinajstić information content (AvgIpc) is 3.03. The van der Waals surface area contributed by atoms with Crippen LogP contribution in [0.15, 0.2) is 53.9 Å². The highest BCUT2D eigenvalue weighted by Crippen LogP contribution is 2.21. The molecule has 122 valence electrons. The van der Waals surface area contributed by atoms with Crippen LogP contribution in [-0.4, -0.2) is 11.0 Å². The van der Waals surface area contributed by atoms with Crippen molar-refractivity contribution in [2.75, 3.05) is 5.32 Å². The van der Waals surface area contributed by atoms with E-state index in [0.717, 1.165) is 22.1 Å². The molecule has 5 heteroatoms. The molecule has 24 heavy (non-hydrogen) atoms. The molecule has 4 nitrogen and oxygen atoms in total. The van der Waals surface area contributed by atoms with Crippen LogP contribution in [0.5, 0.6) is 0 Å². The zero-order chi connectivity index (χ0) is 16.9. The first-order valence-electron chi connectivity index (χ1n) is 7.62. The first kappa shape index (κ1) is 16.2. The van der Waals surface area contributed by atoms with Gasteiger partial charge in [-0.3, -0.25) is 0 Å². The summed E-state index contributed by atoms with van der Waals surface area (Å²) in [6.07, 6.45) is 0. The van der Waals surface area contributed by atoms with Gasteiger partial charge in [0.05, 0.1) is 11.3 Å². The fourth-order valence-corrected chi connectivity index (χ4v) is 2.82. The quantitative estimate of drug-likeness (QED) is 0.675. The number of esters is 1. The Morgan fingerprint density at radius 2 is 1.67 bits per heavy atom. The average molecular weight is 338 g/mol. The molecule has 1 aromatic heterocycles. The summed E-state index contributed by atoms with van der Waals surface area (Å²) in [5, 5.41) is 5.91. The van der Waals surface area contributed by atoms with Gasteiger partial charge in [-0.1, -0.05) is 35.4 Å². The Labute approximate surface area is 145 Å². The van der Waals surface area contributed by atoms with Crippen LogP contribution in [0.2, 0.25) is 0 Å². The van der Waals surface area contributed by atoms with E-state index in [1.807, 2.05) is 55.6 Å². The molecule has 0 amide bonds. The van der Waals surface area contributed by atoms with Crippen LogP contribution in [-0.2, 0) is 11.3 Å². The molecule has 0 saturated heterocycles. The molecule has 0 fully saturated rings. The number of anilines is 2. The van der Waals surface area contributed by atoms with Gasteiger partial charge in [0, 0.05) is 11.1 Å². The number of aryl methyl sites for hydroxylation is 2. The molecule has 0 bridgehead atoms. The molecule has 0 aliphatic rings. The minimum Gasteiger partial charge on any atom is -0.456 e. The molecule has 0 spiro atoms. The van der Waals surface area contributed by atoms with E-state index >= 15 is 0 Å². The van der Waals surface area contributed by atoms with E-state index in [4.69, 9.17) is 4.74 Å². The predicted molar refractivity (Wildman–Crippen MR) is 96.9 cm³/mol. The number of nitrogens with one attached hydrogen (secondary N) is 1. The van der Waals surface area contributed by atoms with E-state index in [9.17, 15) is 4.79 Å². The standard InChI is InChI=1S/C19H18N2O2S/c1-13-3-7-15(8-4-13)18(22)23-11-17-12-24-19(21-17)20-16-9-5-14(2)6-10-16/h3-10,12H,11H2,1-2H3,(H,20,21). The topological polar surface area (TPSA) is 51.2 Å². The summed E-state index contributed by atoms with van der Waals surface area (Å²) in [5.74, 6) is -0.337. The van der Waals surface area contributed by atoms with E-state index in [-0.39, 0.29) is 12.6 Å². The Morgan fingerprint density at radius 3 is 2.33 bits per heavy atom. The molecular weight excluding hydrogens is 320 g/mol. The summed E-state index contributed by atoms with van der Waals surface area (Å²) in [6, 6.07) is 15.4. The number of nitrogens with zero attached hydrogens (tertiary/aromatic N) is 1. The Bertz CT molecular complexity index is 823. The van der Waals surface area contributed by atoms with Crippen LogP contribution in [0.25, 0.3) is 0 Å². The minimum atomic E-state index is -0.337. The number of hydrogen-bond acceptors (Lipinski definition) is 5. The number of carbonyl (C=O) groups is 1. The van der Waals surface area contributed by atoms with Crippen molar-refractivity contribution >= 4 is 28.1 Å². The summed E-state index contributed by atoms with van der Waals surface area (Å²) in [6.45, 7) is 4.19. The summed E-state index contributed by atoms with van der Waals surface area (Å²) >= 11 is 1.48. The van der Waals surface area contributed by atoms with Crippen LogP contribution in [0.4, 0.5) is 10.8 Å². The maximum Gasteiger partial charge on any atom is 0.338 e. The molecule has 0 aliphatic carbocycles. The molecule has 1 heterocycles. The molecule has 0 saturated carbocycles. The Hall–Kier alpha value is -2.66. The molecule has 1 N–H and O–H groups in total. The molecule has 0 atom stereocenters. The van der Waals surface area contributed by atoms with Gasteiger partial charge in [0.2, 0.25) is 0 Å². The maximum atomic E-state index is 12.0. The lowest BCUT2D eigenvalue weighted by molar-refractivity contribution is 0.0468. The van der Waals surface area contributed by atoms with Crippen molar-refractivity contribution in [1.82, 2.24) is 4.98 Å². The number of carbonyl (C=O) groups excluding carboxylic acids is 1. The highest BCUT2D eigenvalue weighted by molar-refractivity contribution is 7.13. The number of hydrogen-bond donors (Lipinski definition) is 1. The van der Waals surface area contributed by atoms with E-state index < -0.39 is 0 Å². The molecule has 3 aromatic rings. The highest BCUT2D eigenvalue weighted by Gasteiger charge is 2.09. The molecule has 0 aliphatic heterocycles. The van der Waals surface area contributed by atoms with Crippen molar-refractivity contribution in [1.29, 1.82) is 0 Å². The Kier molecular flexibility index (Phi) is 4.91. The summed E-state index contributed by atoms with van der Waals surface area (Å²) < 4.78 is 5.31. The second-order valence-electron chi connectivity index (χ2n) is 5.58. The normalized spacial score (nSPS) is 10.4. The predicted octanol–water partition coefficient (Wildman–Crippen LogP) is 4.86. The van der Waals surface area contributed by atoms with Gasteiger partial charge in [0.25, 0.3) is 0 Å². The number of ether oxygens (including phenoxy) is 1. The third kappa shape index (κ3) is 4.20. The summed E-state index contributed by atoms with van der Waals surface area (Å²) in [7, 11) is 0. The second kappa shape index (κ2) is 7.27. The molecule has 0 unspecified atom stereocenters. The van der Waals surface area contributed by atoms with Crippen molar-refractivity contribution in [3.05, 3.63) is 76.3 Å². The van der Waals surface area contributed by atoms with Gasteiger partial charge in [-0.15, -0.1) is 11.3 Å². The lowest BCUT2D eigenvalue weighted by atomic mass is 10.1. The van der Waals surface area contributed by atoms with E-state index in [1.54, 1.807) is 12.1 Å². The Balaban J connectivity index is 1.56. The number of rotatable bonds is 5. The van der Waals surface area contributed by atoms with Crippen molar-refractivity contribution < 1.29 is 9.53 Å². The first-order valence-corrected chi connectivity index (χ1v) is 8.50. The van der Waals surface area contributed by atoms with E-state index in [1.165, 1.54) is 16.9 Å². The fourth-order valence-electron chi connectivity index (χ4n) is 2.10. The highest BCUT2D eigenvalue weighted by atomic mass is 32.1. The Morgan fingerprint density at radius 1 is 1.04 bits per heavy atom. The molecular formula is C19H18N2O2S. The summed E-state index contributed by atoms with van der Waals surface area (Å²) in [4.78, 5) is 16.4. The first-order chi connectivity index (χ1) is 11.6. The van der Waals surface area contributed by atoms with Crippen molar-refractivity contribution in [2.24, 2.45) is 0 Å². The van der Waals surface area contributed by atoms with Gasteiger partial charge in [-0.05, 0) is 38.1 Å². The number of benzene rings is 2. The van der Waals surface area contributed by atoms with Gasteiger partial charge in [-0.25, -0.2) is 9.78 Å². The van der Waals surface area contributed by atoms with Gasteiger partial charge < -0.3 is 10.1 Å². The molecule has 2 aromatic carbocycles. The van der Waals surface area contributed by atoms with Crippen LogP contribution in [0, 0.1) is 13.8 Å². The largest absolute Gasteiger partial charge is 0.456 e. The van der Waals surface area contributed by atoms with Crippen molar-refractivity contribution in [3.8, 4) is 0 Å². The number of aromatic nitrogens is 1. The van der Waals surface area contributed by atoms with Gasteiger partial charge >= 0.3 is 5.97 Å². The zero-order valence-corrected chi connectivity index (χ0v) is 14.4. The van der Waals surface area contributed by atoms with E-state index in [2.05, 4.69) is 10.3 Å². The second-order valence-corrected chi connectivity index (χ2v) is 6.44. The van der Waals surface area contributed by atoms with Crippen LogP contribution in [0.1, 0.15) is 27.2 Å². The van der Waals surface area contributed by atoms with Crippen molar-refractivity contribution in [3.63, 3.8) is 0 Å². The maximum absolute atomic E-state index is 12.0. The SMILES string of the molecule is Cc1ccc(Nc2nc(COC(=O)c3ccc(C)cc3)cs2)cc1. The van der Waals surface area contributed by atoms with Crippen LogP contribution in [0.3, 0.4) is 0 Å². The number of thiazole rings is 1. The van der Waals surface area contributed by atoms with Gasteiger partial charge in [0.15, 0.2) is 5.13 Å². The van der Waals surface area contributed by atoms with Gasteiger partial charge in [-0.2, -0.15) is 0 Å². The summed E-state index contributed by atoms with van der Waals surface area (Å²) in [5.41, 5.74) is 4.59. The lowest BCUT2D eigenvalue weighted by Gasteiger charge is -2.04. The van der Waals surface area contributed by atoms with Crippen LogP contribution < -0.4 is 5.32 Å². The fraction of sp³-hybridized carbons (Fsp3) is 0.158. The van der Waals surface area contributed by atoms with Crippen LogP contribution >= 0.6 is 11.3 Å². The molecule has 3 rings (SSSR count). The lowest BCUT2D eigenvalue weighted by Crippen LogP contribution is -2.05. The zero-order valence-electron chi connectivity index (χ0n) is 13.6. The third-order valence-corrected chi connectivity index (χ3v) is 4.30.